The fraction of sp³-hybridized carbons (Fsp3) is 0.179. The molecule has 0 fully saturated rings. The monoisotopic (exact) mass is 530 g/mol. The van der Waals surface area contributed by atoms with Crippen molar-refractivity contribution in [2.24, 2.45) is 0 Å². The van der Waals surface area contributed by atoms with Crippen LogP contribution in [0.4, 0.5) is 26.3 Å². The van der Waals surface area contributed by atoms with Crippen LogP contribution >= 0.6 is 0 Å². The van der Waals surface area contributed by atoms with Gasteiger partial charge in [0.1, 0.15) is 17.6 Å². The molecular formula is C28H20F6N2O2. The normalized spacial score (nSPS) is 15.8. The van der Waals surface area contributed by atoms with E-state index in [4.69, 9.17) is 4.74 Å². The Labute approximate surface area is 213 Å². The maximum Gasteiger partial charge on any atom is 0.416 e. The average Bonchev–Trinajstić information content (AvgIpc) is 3.26. The van der Waals surface area contributed by atoms with Crippen molar-refractivity contribution in [1.82, 2.24) is 9.88 Å². The van der Waals surface area contributed by atoms with E-state index in [9.17, 15) is 26.7 Å². The lowest BCUT2D eigenvalue weighted by Gasteiger charge is -2.35. The van der Waals surface area contributed by atoms with Crippen molar-refractivity contribution in [2.75, 3.05) is 13.7 Å². The summed E-state index contributed by atoms with van der Waals surface area (Å²) >= 11 is 0. The Balaban J connectivity index is 1.58. The highest BCUT2D eigenvalue weighted by Gasteiger charge is 2.36. The Morgan fingerprint density at radius 2 is 1.79 bits per heavy atom. The van der Waals surface area contributed by atoms with Crippen LogP contribution in [0.3, 0.4) is 0 Å². The van der Waals surface area contributed by atoms with Crippen molar-refractivity contribution in [3.63, 3.8) is 0 Å². The first-order valence-electron chi connectivity index (χ1n) is 11.6. The number of hydrogen-bond donors (Lipinski definition) is 1. The molecule has 0 saturated carbocycles. The van der Waals surface area contributed by atoms with Crippen molar-refractivity contribution >= 4 is 22.9 Å². The lowest BCUT2D eigenvalue weighted by molar-refractivity contribution is -0.137. The van der Waals surface area contributed by atoms with Gasteiger partial charge in [0.2, 0.25) is 5.91 Å². The van der Waals surface area contributed by atoms with Crippen LogP contribution in [0.1, 0.15) is 34.0 Å². The molecule has 1 N–H and O–H groups in total. The zero-order valence-electron chi connectivity index (χ0n) is 19.9. The highest BCUT2D eigenvalue weighted by atomic mass is 19.4. The first-order valence-corrected chi connectivity index (χ1v) is 11.6. The number of amides is 1. The van der Waals surface area contributed by atoms with Gasteiger partial charge in [-0.3, -0.25) is 4.79 Å². The number of alkyl halides is 3. The second-order valence-electron chi connectivity index (χ2n) is 8.86. The van der Waals surface area contributed by atoms with E-state index in [1.54, 1.807) is 18.2 Å². The van der Waals surface area contributed by atoms with E-state index in [1.165, 1.54) is 30.2 Å². The fourth-order valence-corrected chi connectivity index (χ4v) is 4.78. The van der Waals surface area contributed by atoms with Gasteiger partial charge in [0.15, 0.2) is 11.6 Å². The number of carbonyl (C=O) groups is 1. The van der Waals surface area contributed by atoms with Crippen molar-refractivity contribution in [1.29, 1.82) is 0 Å². The Morgan fingerprint density at radius 3 is 2.53 bits per heavy atom. The molecular weight excluding hydrogens is 510 g/mol. The van der Waals surface area contributed by atoms with Gasteiger partial charge < -0.3 is 14.6 Å². The molecule has 10 heteroatoms. The number of methoxy groups -OCH3 is 1. The van der Waals surface area contributed by atoms with Gasteiger partial charge in [0.25, 0.3) is 0 Å². The Hall–Kier alpha value is -4.21. The summed E-state index contributed by atoms with van der Waals surface area (Å²) in [6.07, 6.45) is -1.89. The molecule has 3 aromatic carbocycles. The van der Waals surface area contributed by atoms with E-state index in [2.05, 4.69) is 4.98 Å². The minimum atomic E-state index is -4.55. The summed E-state index contributed by atoms with van der Waals surface area (Å²) in [6.45, 7) is 0.0893. The minimum absolute atomic E-state index is 0.0893. The third kappa shape index (κ3) is 4.62. The summed E-state index contributed by atoms with van der Waals surface area (Å²) in [7, 11) is 1.51. The molecule has 1 aliphatic rings. The number of H-pyrrole nitrogens is 1. The van der Waals surface area contributed by atoms with Crippen LogP contribution < -0.4 is 4.74 Å². The predicted octanol–water partition coefficient (Wildman–Crippen LogP) is 6.80. The van der Waals surface area contributed by atoms with Crippen molar-refractivity contribution in [3.8, 4) is 5.75 Å². The summed E-state index contributed by atoms with van der Waals surface area (Å²) in [5.74, 6) is -3.75. The zero-order chi connectivity index (χ0) is 27.2. The number of benzene rings is 3. The standard InChI is InChI=1S/C28H20F6N2O2/c1-38-17-6-7-24-19(12-17)18-9-10-36(25(37)8-5-15-3-2-4-16(11-15)28(32,33)34)27(26(18)35-24)20-13-22(30)23(31)14-21(20)29/h2-8,11-14,27,35H,9-10H2,1H3. The van der Waals surface area contributed by atoms with Gasteiger partial charge in [-0.1, -0.05) is 12.1 Å². The number of halogens is 6. The van der Waals surface area contributed by atoms with Gasteiger partial charge in [-0.25, -0.2) is 13.2 Å². The molecule has 1 amide bonds. The van der Waals surface area contributed by atoms with Gasteiger partial charge in [0.05, 0.1) is 12.7 Å². The summed E-state index contributed by atoms with van der Waals surface area (Å²) < 4.78 is 87.5. The van der Waals surface area contributed by atoms with Gasteiger partial charge in [-0.15, -0.1) is 0 Å². The minimum Gasteiger partial charge on any atom is -0.497 e. The van der Waals surface area contributed by atoms with Gasteiger partial charge in [-0.05, 0) is 60.0 Å². The second kappa shape index (κ2) is 9.59. The van der Waals surface area contributed by atoms with Crippen LogP contribution in [0, 0.1) is 17.5 Å². The van der Waals surface area contributed by atoms with Crippen molar-refractivity contribution in [3.05, 3.63) is 106 Å². The summed E-state index contributed by atoms with van der Waals surface area (Å²) in [5.41, 5.74) is 0.870. The quantitative estimate of drug-likeness (QED) is 0.179. The SMILES string of the molecule is COc1ccc2[nH]c3c(c2c1)CCN(C(=O)C=Cc1cccc(C(F)(F)F)c1)C3c1cc(F)c(F)cc1F. The summed E-state index contributed by atoms with van der Waals surface area (Å²) in [6, 6.07) is 9.69. The lowest BCUT2D eigenvalue weighted by atomic mass is 9.91. The van der Waals surface area contributed by atoms with Gasteiger partial charge in [0, 0.05) is 40.8 Å². The molecule has 2 heterocycles. The number of nitrogens with one attached hydrogen (secondary N) is 1. The maximum absolute atomic E-state index is 15.0. The molecule has 196 valence electrons. The Kier molecular flexibility index (Phi) is 6.42. The number of aromatic amines is 1. The van der Waals surface area contributed by atoms with Crippen LogP contribution in [-0.2, 0) is 17.4 Å². The van der Waals surface area contributed by atoms with Crippen LogP contribution in [0.15, 0.2) is 60.7 Å². The molecule has 4 nitrogen and oxygen atoms in total. The number of fused-ring (bicyclic) bond motifs is 3. The van der Waals surface area contributed by atoms with E-state index in [1.807, 2.05) is 0 Å². The predicted molar refractivity (Wildman–Crippen MR) is 129 cm³/mol. The third-order valence-corrected chi connectivity index (χ3v) is 6.58. The highest BCUT2D eigenvalue weighted by Crippen LogP contribution is 2.41. The van der Waals surface area contributed by atoms with Crippen LogP contribution in [-0.4, -0.2) is 29.4 Å². The molecule has 0 spiro atoms. The van der Waals surface area contributed by atoms with Gasteiger partial charge in [-0.2, -0.15) is 13.2 Å². The number of carbonyl (C=O) groups excluding carboxylic acids is 1. The molecule has 0 bridgehead atoms. The number of hydrogen-bond acceptors (Lipinski definition) is 2. The number of ether oxygens (including phenoxy) is 1. The van der Waals surface area contributed by atoms with Crippen LogP contribution in [0.5, 0.6) is 5.75 Å². The Morgan fingerprint density at radius 1 is 1.03 bits per heavy atom. The zero-order valence-corrected chi connectivity index (χ0v) is 19.9. The van der Waals surface area contributed by atoms with Crippen molar-refractivity contribution in [2.45, 2.75) is 18.6 Å². The molecule has 4 aromatic rings. The molecule has 1 aromatic heterocycles. The highest BCUT2D eigenvalue weighted by molar-refractivity contribution is 5.93. The lowest BCUT2D eigenvalue weighted by Crippen LogP contribution is -2.40. The summed E-state index contributed by atoms with van der Waals surface area (Å²) in [5, 5.41) is 0.777. The summed E-state index contributed by atoms with van der Waals surface area (Å²) in [4.78, 5) is 17.8. The smallest absolute Gasteiger partial charge is 0.416 e. The van der Waals surface area contributed by atoms with Crippen LogP contribution in [0.2, 0.25) is 0 Å². The molecule has 0 aliphatic carbocycles. The maximum atomic E-state index is 15.0. The van der Waals surface area contributed by atoms with E-state index in [0.717, 1.165) is 29.2 Å². The fourth-order valence-electron chi connectivity index (χ4n) is 4.78. The average molecular weight is 530 g/mol. The first-order chi connectivity index (χ1) is 18.1. The van der Waals surface area contributed by atoms with E-state index < -0.39 is 41.1 Å². The molecule has 0 radical (unpaired) electrons. The third-order valence-electron chi connectivity index (χ3n) is 6.58. The molecule has 38 heavy (non-hydrogen) atoms. The Bertz CT molecular complexity index is 1570. The van der Waals surface area contributed by atoms with E-state index >= 15 is 4.39 Å². The molecule has 5 rings (SSSR count). The second-order valence-corrected chi connectivity index (χ2v) is 8.86. The largest absolute Gasteiger partial charge is 0.497 e. The molecule has 1 unspecified atom stereocenters. The number of aromatic nitrogens is 1. The van der Waals surface area contributed by atoms with Crippen LogP contribution in [0.25, 0.3) is 17.0 Å². The number of nitrogens with zero attached hydrogens (tertiary/aromatic N) is 1. The van der Waals surface area contributed by atoms with Gasteiger partial charge >= 0.3 is 6.18 Å². The van der Waals surface area contributed by atoms with E-state index in [0.29, 0.717) is 35.5 Å². The topological polar surface area (TPSA) is 45.3 Å². The molecule has 1 aliphatic heterocycles. The van der Waals surface area contributed by atoms with Crippen molar-refractivity contribution < 1.29 is 35.9 Å². The number of rotatable bonds is 4. The molecule has 0 saturated heterocycles. The van der Waals surface area contributed by atoms with E-state index in [-0.39, 0.29) is 17.7 Å². The molecule has 1 atom stereocenters. The first kappa shape index (κ1) is 25.4.